The normalized spacial score (nSPS) is 10.7. The molecule has 0 atom stereocenters. The molecule has 1 rings (SSSR count). The van der Waals surface area contributed by atoms with Gasteiger partial charge in [0.15, 0.2) is 5.78 Å². The molecule has 0 fully saturated rings. The van der Waals surface area contributed by atoms with Crippen molar-refractivity contribution in [2.45, 2.75) is 19.9 Å². The third kappa shape index (κ3) is 1.53. The van der Waals surface area contributed by atoms with Crippen LogP contribution in [0.1, 0.15) is 30.4 Å². The highest BCUT2D eigenvalue weighted by atomic mass is 16.1. The van der Waals surface area contributed by atoms with Crippen molar-refractivity contribution in [3.63, 3.8) is 0 Å². The highest BCUT2D eigenvalue weighted by molar-refractivity contribution is 5.95. The van der Waals surface area contributed by atoms with Gasteiger partial charge in [0.1, 0.15) is 5.69 Å². The van der Waals surface area contributed by atoms with Crippen LogP contribution in [-0.2, 0) is 0 Å². The first-order valence-electron chi connectivity index (χ1n) is 3.93. The second-order valence-corrected chi connectivity index (χ2v) is 2.88. The lowest BCUT2D eigenvalue weighted by molar-refractivity contribution is 0.0989. The molecule has 66 valence electrons. The Morgan fingerprint density at radius 2 is 2.42 bits per heavy atom. The molecule has 0 amide bonds. The average molecular weight is 167 g/mol. The Bertz CT molecular complexity index is 278. The maximum atomic E-state index is 11.2. The summed E-state index contributed by atoms with van der Waals surface area (Å²) in [5.41, 5.74) is 5.83. The minimum atomic E-state index is -0.0683. The van der Waals surface area contributed by atoms with Crippen LogP contribution in [0.15, 0.2) is 12.3 Å². The first kappa shape index (κ1) is 8.93. The van der Waals surface area contributed by atoms with Gasteiger partial charge < -0.3 is 5.73 Å². The number of carbonyl (C=O) groups is 1. The molecular weight excluding hydrogens is 154 g/mol. The van der Waals surface area contributed by atoms with Crippen molar-refractivity contribution in [1.82, 2.24) is 9.78 Å². The summed E-state index contributed by atoms with van der Waals surface area (Å²) >= 11 is 0. The Hall–Kier alpha value is -1.16. The number of carbonyl (C=O) groups excluding carboxylic acids is 1. The number of aromatic nitrogens is 2. The van der Waals surface area contributed by atoms with Crippen LogP contribution in [0.25, 0.3) is 0 Å². The molecule has 0 aromatic carbocycles. The zero-order valence-corrected chi connectivity index (χ0v) is 7.32. The van der Waals surface area contributed by atoms with Gasteiger partial charge in [-0.05, 0) is 19.9 Å². The van der Waals surface area contributed by atoms with Crippen molar-refractivity contribution in [2.24, 2.45) is 5.73 Å². The fourth-order valence-corrected chi connectivity index (χ4v) is 1.05. The number of nitrogens with zero attached hydrogens (tertiary/aromatic N) is 2. The predicted molar refractivity (Wildman–Crippen MR) is 46.0 cm³/mol. The van der Waals surface area contributed by atoms with Gasteiger partial charge >= 0.3 is 0 Å². The van der Waals surface area contributed by atoms with Crippen molar-refractivity contribution >= 4 is 5.78 Å². The van der Waals surface area contributed by atoms with Crippen molar-refractivity contribution in [1.29, 1.82) is 0 Å². The summed E-state index contributed by atoms with van der Waals surface area (Å²) in [5.74, 6) is -0.0683. The number of nitrogens with two attached hydrogens (primary N) is 1. The molecule has 1 aromatic heterocycles. The van der Waals surface area contributed by atoms with E-state index in [0.717, 1.165) is 0 Å². The lowest BCUT2D eigenvalue weighted by atomic mass is 10.2. The van der Waals surface area contributed by atoms with E-state index in [0.29, 0.717) is 5.69 Å². The Morgan fingerprint density at radius 3 is 2.92 bits per heavy atom. The number of Topliss-reactive ketones (excluding diaryl/α,β-unsaturated/α-hetero) is 1. The topological polar surface area (TPSA) is 60.9 Å². The van der Waals surface area contributed by atoms with Crippen LogP contribution in [0, 0.1) is 0 Å². The second kappa shape index (κ2) is 3.49. The molecule has 2 N–H and O–H groups in total. The van der Waals surface area contributed by atoms with Crippen LogP contribution in [0.5, 0.6) is 0 Å². The molecule has 0 saturated carbocycles. The van der Waals surface area contributed by atoms with Gasteiger partial charge in [0, 0.05) is 12.2 Å². The van der Waals surface area contributed by atoms with E-state index < -0.39 is 0 Å². The summed E-state index contributed by atoms with van der Waals surface area (Å²) in [6.07, 6.45) is 1.61. The van der Waals surface area contributed by atoms with Gasteiger partial charge in [-0.2, -0.15) is 5.10 Å². The van der Waals surface area contributed by atoms with Gasteiger partial charge in [-0.25, -0.2) is 0 Å². The Kier molecular flexibility index (Phi) is 2.60. The molecule has 0 radical (unpaired) electrons. The van der Waals surface area contributed by atoms with Crippen LogP contribution in [0.2, 0.25) is 0 Å². The van der Waals surface area contributed by atoms with Crippen LogP contribution in [0.4, 0.5) is 0 Å². The van der Waals surface area contributed by atoms with Crippen LogP contribution < -0.4 is 5.73 Å². The smallest absolute Gasteiger partial charge is 0.194 e. The summed E-state index contributed by atoms with van der Waals surface area (Å²) in [6, 6.07) is 1.89. The van der Waals surface area contributed by atoms with E-state index in [1.165, 1.54) is 0 Å². The van der Waals surface area contributed by atoms with Crippen LogP contribution in [-0.4, -0.2) is 22.1 Å². The molecule has 1 heterocycles. The minimum Gasteiger partial charge on any atom is -0.324 e. The number of hydrogen-bond acceptors (Lipinski definition) is 3. The van der Waals surface area contributed by atoms with Gasteiger partial charge in [0.25, 0.3) is 0 Å². The molecule has 4 heteroatoms. The van der Waals surface area contributed by atoms with E-state index in [1.54, 1.807) is 16.9 Å². The van der Waals surface area contributed by atoms with Crippen LogP contribution in [0.3, 0.4) is 0 Å². The molecule has 0 aliphatic rings. The van der Waals surface area contributed by atoms with Crippen molar-refractivity contribution < 1.29 is 4.79 Å². The largest absolute Gasteiger partial charge is 0.324 e. The standard InChI is InChI=1S/C8H13N3O/c1-6(2)11-7(3-4-10-11)8(12)5-9/h3-4,6H,5,9H2,1-2H3. The van der Waals surface area contributed by atoms with E-state index in [-0.39, 0.29) is 18.4 Å². The fourth-order valence-electron chi connectivity index (χ4n) is 1.05. The van der Waals surface area contributed by atoms with Gasteiger partial charge in [-0.1, -0.05) is 0 Å². The predicted octanol–water partition coefficient (Wildman–Crippen LogP) is 0.605. The monoisotopic (exact) mass is 167 g/mol. The number of hydrogen-bond donors (Lipinski definition) is 1. The highest BCUT2D eigenvalue weighted by Gasteiger charge is 2.11. The van der Waals surface area contributed by atoms with E-state index in [1.807, 2.05) is 13.8 Å². The van der Waals surface area contributed by atoms with Crippen molar-refractivity contribution in [2.75, 3.05) is 6.54 Å². The average Bonchev–Trinajstić information content (AvgIpc) is 2.50. The molecule has 0 aliphatic carbocycles. The maximum absolute atomic E-state index is 11.2. The van der Waals surface area contributed by atoms with Crippen molar-refractivity contribution in [3.05, 3.63) is 18.0 Å². The molecule has 12 heavy (non-hydrogen) atoms. The molecule has 0 unspecified atom stereocenters. The number of ketones is 1. The second-order valence-electron chi connectivity index (χ2n) is 2.88. The van der Waals surface area contributed by atoms with E-state index >= 15 is 0 Å². The minimum absolute atomic E-state index is 0.0401. The van der Waals surface area contributed by atoms with E-state index in [9.17, 15) is 4.79 Å². The third-order valence-corrected chi connectivity index (χ3v) is 1.63. The Balaban J connectivity index is 2.99. The fraction of sp³-hybridized carbons (Fsp3) is 0.500. The zero-order chi connectivity index (χ0) is 9.14. The first-order chi connectivity index (χ1) is 5.66. The van der Waals surface area contributed by atoms with Gasteiger partial charge in [-0.3, -0.25) is 9.48 Å². The Morgan fingerprint density at radius 1 is 1.75 bits per heavy atom. The molecular formula is C8H13N3O. The summed E-state index contributed by atoms with van der Waals surface area (Å²) in [7, 11) is 0. The molecule has 1 aromatic rings. The Labute approximate surface area is 71.4 Å². The maximum Gasteiger partial charge on any atom is 0.194 e. The first-order valence-corrected chi connectivity index (χ1v) is 3.93. The van der Waals surface area contributed by atoms with Crippen LogP contribution >= 0.6 is 0 Å². The van der Waals surface area contributed by atoms with E-state index in [4.69, 9.17) is 5.73 Å². The quantitative estimate of drug-likeness (QED) is 0.671. The zero-order valence-electron chi connectivity index (χ0n) is 7.32. The highest BCUT2D eigenvalue weighted by Crippen LogP contribution is 2.07. The van der Waals surface area contributed by atoms with Gasteiger partial charge in [0.05, 0.1) is 6.54 Å². The molecule has 4 nitrogen and oxygen atoms in total. The third-order valence-electron chi connectivity index (χ3n) is 1.63. The van der Waals surface area contributed by atoms with Crippen molar-refractivity contribution in [3.8, 4) is 0 Å². The SMILES string of the molecule is CC(C)n1nccc1C(=O)CN. The summed E-state index contributed by atoms with van der Waals surface area (Å²) in [5, 5.41) is 4.03. The molecule has 0 bridgehead atoms. The number of rotatable bonds is 3. The summed E-state index contributed by atoms with van der Waals surface area (Å²) < 4.78 is 1.68. The summed E-state index contributed by atoms with van der Waals surface area (Å²) in [4.78, 5) is 11.2. The van der Waals surface area contributed by atoms with E-state index in [2.05, 4.69) is 5.10 Å². The van der Waals surface area contributed by atoms with Gasteiger partial charge in [-0.15, -0.1) is 0 Å². The van der Waals surface area contributed by atoms with Gasteiger partial charge in [0.2, 0.25) is 0 Å². The lowest BCUT2D eigenvalue weighted by Crippen LogP contribution is -2.19. The summed E-state index contributed by atoms with van der Waals surface area (Å²) in [6.45, 7) is 3.99. The molecule has 0 spiro atoms. The lowest BCUT2D eigenvalue weighted by Gasteiger charge is -2.08. The molecule has 0 saturated heterocycles. The molecule has 0 aliphatic heterocycles.